The van der Waals surface area contributed by atoms with Crippen LogP contribution in [0, 0.1) is 11.3 Å². The molecule has 1 aliphatic carbocycles. The lowest BCUT2D eigenvalue weighted by Crippen LogP contribution is -2.54. The largest absolute Gasteiger partial charge is 0.389 e. The van der Waals surface area contributed by atoms with E-state index in [4.69, 9.17) is 15.2 Å². The fourth-order valence-corrected chi connectivity index (χ4v) is 3.69. The summed E-state index contributed by atoms with van der Waals surface area (Å²) in [5.41, 5.74) is 5.01. The van der Waals surface area contributed by atoms with E-state index >= 15 is 0 Å². The van der Waals surface area contributed by atoms with Crippen LogP contribution in [0.4, 0.5) is 0 Å². The molecule has 1 fully saturated rings. The summed E-state index contributed by atoms with van der Waals surface area (Å²) in [5, 5.41) is 11.0. The molecule has 1 unspecified atom stereocenters. The molecule has 0 bridgehead atoms. The van der Waals surface area contributed by atoms with E-state index in [0.717, 1.165) is 18.8 Å². The Kier molecular flexibility index (Phi) is 6.92. The van der Waals surface area contributed by atoms with E-state index in [0.29, 0.717) is 13.0 Å². The van der Waals surface area contributed by atoms with Gasteiger partial charge in [0.2, 0.25) is 0 Å². The summed E-state index contributed by atoms with van der Waals surface area (Å²) in [5.74, 6) is 0.802. The summed E-state index contributed by atoms with van der Waals surface area (Å²) >= 11 is 0. The van der Waals surface area contributed by atoms with Gasteiger partial charge in [0.1, 0.15) is 0 Å². The average molecular weight is 287 g/mol. The summed E-state index contributed by atoms with van der Waals surface area (Å²) in [4.78, 5) is 0. The van der Waals surface area contributed by atoms with E-state index in [2.05, 4.69) is 6.92 Å². The van der Waals surface area contributed by atoms with Gasteiger partial charge in [0.25, 0.3) is 0 Å². The van der Waals surface area contributed by atoms with Gasteiger partial charge in [-0.05, 0) is 38.5 Å². The standard InChI is InChI=1S/C16H33NO3/c1-5-6-13-7-9-16(12-17,10-8-13)15(2,18)11-14(19-3)20-4/h13-14,18H,5-12,17H2,1-4H3. The molecule has 1 aliphatic rings. The van der Waals surface area contributed by atoms with Gasteiger partial charge in [0.15, 0.2) is 6.29 Å². The van der Waals surface area contributed by atoms with Gasteiger partial charge in [-0.2, -0.15) is 0 Å². The van der Waals surface area contributed by atoms with Crippen molar-refractivity contribution < 1.29 is 14.6 Å². The second-order valence-electron chi connectivity index (χ2n) is 6.60. The first-order chi connectivity index (χ1) is 9.44. The van der Waals surface area contributed by atoms with Crippen molar-refractivity contribution in [2.45, 2.75) is 70.7 Å². The lowest BCUT2D eigenvalue weighted by atomic mass is 9.60. The third kappa shape index (κ3) is 3.94. The molecule has 0 radical (unpaired) electrons. The van der Waals surface area contributed by atoms with Crippen molar-refractivity contribution in [3.63, 3.8) is 0 Å². The van der Waals surface area contributed by atoms with Gasteiger partial charge in [0, 0.05) is 32.6 Å². The summed E-state index contributed by atoms with van der Waals surface area (Å²) in [7, 11) is 3.22. The molecule has 1 rings (SSSR count). The Morgan fingerprint density at radius 2 is 1.85 bits per heavy atom. The quantitative estimate of drug-likeness (QED) is 0.674. The minimum absolute atomic E-state index is 0.202. The SMILES string of the molecule is CCCC1CCC(CN)(C(C)(O)CC(OC)OC)CC1. The summed E-state index contributed by atoms with van der Waals surface area (Å²) < 4.78 is 10.5. The van der Waals surface area contributed by atoms with Gasteiger partial charge in [-0.15, -0.1) is 0 Å². The number of methoxy groups -OCH3 is 2. The van der Waals surface area contributed by atoms with Gasteiger partial charge in [-0.25, -0.2) is 0 Å². The number of aliphatic hydroxyl groups is 1. The van der Waals surface area contributed by atoms with Crippen LogP contribution in [0.1, 0.15) is 58.8 Å². The van der Waals surface area contributed by atoms with Crippen molar-refractivity contribution in [1.82, 2.24) is 0 Å². The topological polar surface area (TPSA) is 64.7 Å². The summed E-state index contributed by atoms with van der Waals surface area (Å²) in [6, 6.07) is 0. The monoisotopic (exact) mass is 287 g/mol. The van der Waals surface area contributed by atoms with Crippen LogP contribution in [-0.4, -0.2) is 37.8 Å². The molecule has 120 valence electrons. The maximum atomic E-state index is 11.0. The number of nitrogens with two attached hydrogens (primary N) is 1. The van der Waals surface area contributed by atoms with Crippen molar-refractivity contribution in [3.8, 4) is 0 Å². The highest BCUT2D eigenvalue weighted by Crippen LogP contribution is 2.48. The highest BCUT2D eigenvalue weighted by atomic mass is 16.7. The molecular formula is C16H33NO3. The Bertz CT molecular complexity index is 269. The smallest absolute Gasteiger partial charge is 0.159 e. The predicted octanol–water partition coefficient (Wildman–Crippen LogP) is 2.68. The van der Waals surface area contributed by atoms with Crippen molar-refractivity contribution in [1.29, 1.82) is 0 Å². The number of hydrogen-bond donors (Lipinski definition) is 2. The Balaban J connectivity index is 2.73. The van der Waals surface area contributed by atoms with Crippen LogP contribution in [0.3, 0.4) is 0 Å². The molecule has 0 heterocycles. The van der Waals surface area contributed by atoms with E-state index in [1.54, 1.807) is 14.2 Å². The Morgan fingerprint density at radius 3 is 2.25 bits per heavy atom. The van der Waals surface area contributed by atoms with Crippen LogP contribution in [0.5, 0.6) is 0 Å². The molecule has 4 heteroatoms. The lowest BCUT2D eigenvalue weighted by Gasteiger charge is -2.49. The summed E-state index contributed by atoms with van der Waals surface area (Å²) in [6.07, 6.45) is 6.98. The van der Waals surface area contributed by atoms with Crippen molar-refractivity contribution in [2.24, 2.45) is 17.1 Å². The highest BCUT2D eigenvalue weighted by molar-refractivity contribution is 5.00. The van der Waals surface area contributed by atoms with Crippen LogP contribution in [-0.2, 0) is 9.47 Å². The molecule has 4 nitrogen and oxygen atoms in total. The second-order valence-corrected chi connectivity index (χ2v) is 6.60. The maximum absolute atomic E-state index is 11.0. The van der Waals surface area contributed by atoms with Gasteiger partial charge >= 0.3 is 0 Å². The first kappa shape index (κ1) is 17.9. The molecule has 0 aromatic carbocycles. The normalized spacial score (nSPS) is 30.4. The fraction of sp³-hybridized carbons (Fsp3) is 1.00. The second kappa shape index (κ2) is 7.74. The minimum Gasteiger partial charge on any atom is -0.389 e. The van der Waals surface area contributed by atoms with Crippen LogP contribution in [0.25, 0.3) is 0 Å². The van der Waals surface area contributed by atoms with Crippen LogP contribution >= 0.6 is 0 Å². The van der Waals surface area contributed by atoms with E-state index in [9.17, 15) is 5.11 Å². The van der Waals surface area contributed by atoms with Gasteiger partial charge < -0.3 is 20.3 Å². The minimum atomic E-state index is -0.852. The molecule has 1 atom stereocenters. The third-order valence-corrected chi connectivity index (χ3v) is 5.38. The van der Waals surface area contributed by atoms with Crippen molar-refractivity contribution in [3.05, 3.63) is 0 Å². The number of ether oxygens (including phenoxy) is 2. The molecule has 1 saturated carbocycles. The van der Waals surface area contributed by atoms with E-state index in [1.807, 2.05) is 6.92 Å². The molecule has 0 amide bonds. The van der Waals surface area contributed by atoms with Gasteiger partial charge in [0.05, 0.1) is 5.60 Å². The molecule has 0 saturated heterocycles. The third-order valence-electron chi connectivity index (χ3n) is 5.38. The average Bonchev–Trinajstić information content (AvgIpc) is 2.46. The zero-order valence-corrected chi connectivity index (χ0v) is 13.7. The fourth-order valence-electron chi connectivity index (χ4n) is 3.69. The predicted molar refractivity (Wildman–Crippen MR) is 81.4 cm³/mol. The number of hydrogen-bond acceptors (Lipinski definition) is 4. The molecule has 0 aromatic heterocycles. The lowest BCUT2D eigenvalue weighted by molar-refractivity contribution is -0.177. The first-order valence-electron chi connectivity index (χ1n) is 7.92. The van der Waals surface area contributed by atoms with E-state index < -0.39 is 5.60 Å². The summed E-state index contributed by atoms with van der Waals surface area (Å²) in [6.45, 7) is 4.66. The molecule has 0 aliphatic heterocycles. The van der Waals surface area contributed by atoms with Gasteiger partial charge in [-0.1, -0.05) is 19.8 Å². The molecule has 0 spiro atoms. The van der Waals surface area contributed by atoms with Crippen molar-refractivity contribution in [2.75, 3.05) is 20.8 Å². The number of rotatable bonds is 8. The molecular weight excluding hydrogens is 254 g/mol. The van der Waals surface area contributed by atoms with E-state index in [1.165, 1.54) is 25.7 Å². The van der Waals surface area contributed by atoms with Crippen LogP contribution in [0.15, 0.2) is 0 Å². The zero-order chi connectivity index (χ0) is 15.2. The maximum Gasteiger partial charge on any atom is 0.159 e. The molecule has 3 N–H and O–H groups in total. The zero-order valence-electron chi connectivity index (χ0n) is 13.7. The Labute approximate surface area is 124 Å². The van der Waals surface area contributed by atoms with Crippen molar-refractivity contribution >= 4 is 0 Å². The molecule has 0 aromatic rings. The molecule has 20 heavy (non-hydrogen) atoms. The van der Waals surface area contributed by atoms with E-state index in [-0.39, 0.29) is 11.7 Å². The Morgan fingerprint density at radius 1 is 1.30 bits per heavy atom. The highest BCUT2D eigenvalue weighted by Gasteiger charge is 2.48. The Hall–Kier alpha value is -0.160. The first-order valence-corrected chi connectivity index (χ1v) is 7.92. The van der Waals surface area contributed by atoms with Crippen LogP contribution < -0.4 is 5.73 Å². The van der Waals surface area contributed by atoms with Gasteiger partial charge in [-0.3, -0.25) is 0 Å². The van der Waals surface area contributed by atoms with Crippen LogP contribution in [0.2, 0.25) is 0 Å².